The van der Waals surface area contributed by atoms with Gasteiger partial charge in [0, 0.05) is 11.6 Å². The minimum atomic E-state index is -1.97. The zero-order chi connectivity index (χ0) is 10.7. The van der Waals surface area contributed by atoms with Crippen LogP contribution in [0.4, 0.5) is 5.69 Å². The van der Waals surface area contributed by atoms with Crippen LogP contribution in [-0.2, 0) is 16.8 Å². The summed E-state index contributed by atoms with van der Waals surface area (Å²) in [5.74, 6) is -0.0759. The van der Waals surface area contributed by atoms with E-state index >= 15 is 0 Å². The average molecular weight is 215 g/mol. The Morgan fingerprint density at radius 3 is 2.71 bits per heavy atom. The molecule has 0 heterocycles. The van der Waals surface area contributed by atoms with Gasteiger partial charge in [-0.2, -0.15) is 0 Å². The molecule has 0 aromatic heterocycles. The van der Waals surface area contributed by atoms with E-state index in [9.17, 15) is 14.3 Å². The van der Waals surface area contributed by atoms with Gasteiger partial charge in [-0.1, -0.05) is 12.1 Å². The molecule has 1 rings (SSSR count). The number of rotatable bonds is 3. The molecule has 0 aliphatic carbocycles. The predicted molar refractivity (Wildman–Crippen MR) is 52.3 cm³/mol. The SMILES string of the molecule is Cc1c(CS(=O)O)cccc1[N+](=O)[O-]. The lowest BCUT2D eigenvalue weighted by molar-refractivity contribution is -0.385. The topological polar surface area (TPSA) is 80.4 Å². The van der Waals surface area contributed by atoms with Crippen molar-refractivity contribution in [2.45, 2.75) is 12.7 Å². The fourth-order valence-electron chi connectivity index (χ4n) is 1.16. The van der Waals surface area contributed by atoms with Crippen LogP contribution in [0, 0.1) is 17.0 Å². The second-order valence-corrected chi connectivity index (χ2v) is 3.72. The van der Waals surface area contributed by atoms with E-state index in [0.717, 1.165) is 0 Å². The fraction of sp³-hybridized carbons (Fsp3) is 0.250. The summed E-state index contributed by atoms with van der Waals surface area (Å²) in [6, 6.07) is 4.49. The molecule has 0 aliphatic rings. The maximum atomic E-state index is 10.5. The predicted octanol–water partition coefficient (Wildman–Crippen LogP) is 1.62. The third-order valence-corrected chi connectivity index (χ3v) is 2.45. The molecule has 0 spiro atoms. The average Bonchev–Trinajstić information content (AvgIpc) is 2.07. The Morgan fingerprint density at radius 1 is 1.57 bits per heavy atom. The number of hydrogen-bond donors (Lipinski definition) is 1. The molecule has 1 aromatic rings. The van der Waals surface area contributed by atoms with E-state index in [1.54, 1.807) is 13.0 Å². The van der Waals surface area contributed by atoms with Crippen molar-refractivity contribution < 1.29 is 13.7 Å². The monoisotopic (exact) mass is 215 g/mol. The lowest BCUT2D eigenvalue weighted by Crippen LogP contribution is -1.99. The van der Waals surface area contributed by atoms with Crippen molar-refractivity contribution in [3.63, 3.8) is 0 Å². The molecule has 14 heavy (non-hydrogen) atoms. The number of benzene rings is 1. The molecule has 0 amide bonds. The van der Waals surface area contributed by atoms with Crippen LogP contribution < -0.4 is 0 Å². The fourth-order valence-corrected chi connectivity index (χ4v) is 1.74. The van der Waals surface area contributed by atoms with Gasteiger partial charge in [-0.15, -0.1) is 0 Å². The second-order valence-electron chi connectivity index (χ2n) is 2.78. The van der Waals surface area contributed by atoms with Gasteiger partial charge in [0.05, 0.1) is 10.7 Å². The van der Waals surface area contributed by atoms with Crippen molar-refractivity contribution in [3.05, 3.63) is 39.4 Å². The van der Waals surface area contributed by atoms with Gasteiger partial charge in [0.2, 0.25) is 0 Å². The Morgan fingerprint density at radius 2 is 2.21 bits per heavy atom. The largest absolute Gasteiger partial charge is 0.306 e. The highest BCUT2D eigenvalue weighted by Crippen LogP contribution is 2.21. The summed E-state index contributed by atoms with van der Waals surface area (Å²) in [7, 11) is 0. The highest BCUT2D eigenvalue weighted by Gasteiger charge is 2.13. The van der Waals surface area contributed by atoms with Gasteiger partial charge in [0.1, 0.15) is 0 Å². The molecule has 0 aliphatic heterocycles. The first kappa shape index (κ1) is 10.8. The lowest BCUT2D eigenvalue weighted by atomic mass is 10.1. The summed E-state index contributed by atoms with van der Waals surface area (Å²) in [6.45, 7) is 1.57. The molecule has 0 saturated heterocycles. The van der Waals surface area contributed by atoms with Gasteiger partial charge in [-0.3, -0.25) is 10.1 Å². The summed E-state index contributed by atoms with van der Waals surface area (Å²) >= 11 is -1.97. The van der Waals surface area contributed by atoms with E-state index in [4.69, 9.17) is 4.55 Å². The molecule has 1 unspecified atom stereocenters. The maximum absolute atomic E-state index is 10.5. The maximum Gasteiger partial charge on any atom is 0.272 e. The van der Waals surface area contributed by atoms with Gasteiger partial charge < -0.3 is 4.55 Å². The van der Waals surface area contributed by atoms with Crippen molar-refractivity contribution in [1.82, 2.24) is 0 Å². The van der Waals surface area contributed by atoms with Crippen molar-refractivity contribution in [2.75, 3.05) is 0 Å². The van der Waals surface area contributed by atoms with Crippen LogP contribution in [0.3, 0.4) is 0 Å². The van der Waals surface area contributed by atoms with E-state index in [-0.39, 0.29) is 11.4 Å². The molecular formula is C8H9NO4S. The van der Waals surface area contributed by atoms with Gasteiger partial charge in [0.15, 0.2) is 11.1 Å². The summed E-state index contributed by atoms with van der Waals surface area (Å²) in [5.41, 5.74) is 0.952. The molecule has 1 N–H and O–H groups in total. The molecular weight excluding hydrogens is 206 g/mol. The number of hydrogen-bond acceptors (Lipinski definition) is 3. The van der Waals surface area contributed by atoms with Gasteiger partial charge in [0.25, 0.3) is 5.69 Å². The molecule has 0 saturated carbocycles. The third-order valence-electron chi connectivity index (χ3n) is 1.89. The Kier molecular flexibility index (Phi) is 3.32. The first-order valence-electron chi connectivity index (χ1n) is 3.82. The van der Waals surface area contributed by atoms with Crippen LogP contribution >= 0.6 is 0 Å². The minimum absolute atomic E-state index is 0.0204. The Bertz CT molecular complexity index is 391. The third kappa shape index (κ3) is 2.36. The lowest BCUT2D eigenvalue weighted by Gasteiger charge is -2.02. The number of nitrogens with zero attached hydrogens (tertiary/aromatic N) is 1. The molecule has 1 atom stereocenters. The van der Waals surface area contributed by atoms with E-state index in [0.29, 0.717) is 11.1 Å². The van der Waals surface area contributed by atoms with Gasteiger partial charge in [-0.05, 0) is 12.5 Å². The van der Waals surface area contributed by atoms with E-state index in [1.807, 2.05) is 0 Å². The highest BCUT2D eigenvalue weighted by atomic mass is 32.2. The number of nitro groups is 1. The standard InChI is InChI=1S/C8H9NO4S/c1-6-7(5-14(12)13)3-2-4-8(6)9(10)11/h2-4H,5H2,1H3,(H,12,13). The Labute approximate surface area is 83.2 Å². The Hall–Kier alpha value is -1.27. The first-order valence-corrected chi connectivity index (χ1v) is 5.10. The smallest absolute Gasteiger partial charge is 0.272 e. The van der Waals surface area contributed by atoms with Crippen LogP contribution in [0.1, 0.15) is 11.1 Å². The van der Waals surface area contributed by atoms with Crippen molar-refractivity contribution in [1.29, 1.82) is 0 Å². The summed E-state index contributed by atoms with van der Waals surface area (Å²) in [5, 5.41) is 10.5. The van der Waals surface area contributed by atoms with Gasteiger partial charge in [-0.25, -0.2) is 4.21 Å². The molecule has 6 heteroatoms. The van der Waals surface area contributed by atoms with Crippen LogP contribution in [0.5, 0.6) is 0 Å². The van der Waals surface area contributed by atoms with Crippen LogP contribution in [0.2, 0.25) is 0 Å². The van der Waals surface area contributed by atoms with Crippen molar-refractivity contribution in [3.8, 4) is 0 Å². The van der Waals surface area contributed by atoms with Crippen LogP contribution in [0.15, 0.2) is 18.2 Å². The quantitative estimate of drug-likeness (QED) is 0.472. The van der Waals surface area contributed by atoms with Crippen LogP contribution in [-0.4, -0.2) is 13.7 Å². The summed E-state index contributed by atoms with van der Waals surface area (Å²) < 4.78 is 19.2. The number of nitro benzene ring substituents is 1. The normalized spacial score (nSPS) is 12.4. The molecule has 0 fully saturated rings. The minimum Gasteiger partial charge on any atom is -0.306 e. The molecule has 0 radical (unpaired) electrons. The zero-order valence-corrected chi connectivity index (χ0v) is 8.28. The summed E-state index contributed by atoms with van der Waals surface area (Å²) in [4.78, 5) is 10.0. The summed E-state index contributed by atoms with van der Waals surface area (Å²) in [6.07, 6.45) is 0. The molecule has 5 nitrogen and oxygen atoms in total. The van der Waals surface area contributed by atoms with Gasteiger partial charge >= 0.3 is 0 Å². The van der Waals surface area contributed by atoms with Crippen molar-refractivity contribution in [2.24, 2.45) is 0 Å². The second kappa shape index (κ2) is 4.30. The molecule has 0 bridgehead atoms. The van der Waals surface area contributed by atoms with E-state index < -0.39 is 16.0 Å². The Balaban J connectivity index is 3.13. The van der Waals surface area contributed by atoms with Crippen molar-refractivity contribution >= 4 is 16.8 Å². The first-order chi connectivity index (χ1) is 6.52. The zero-order valence-electron chi connectivity index (χ0n) is 7.47. The van der Waals surface area contributed by atoms with E-state index in [2.05, 4.69) is 0 Å². The van der Waals surface area contributed by atoms with Crippen LogP contribution in [0.25, 0.3) is 0 Å². The van der Waals surface area contributed by atoms with E-state index in [1.165, 1.54) is 12.1 Å². The molecule has 76 valence electrons. The molecule has 1 aromatic carbocycles. The highest BCUT2D eigenvalue weighted by molar-refractivity contribution is 7.78.